The number of nitrogens with one attached hydrogen (secondary N) is 2. The van der Waals surface area contributed by atoms with Gasteiger partial charge in [0.05, 0.1) is 11.9 Å². The number of hydrogen-bond acceptors (Lipinski definition) is 5. The summed E-state index contributed by atoms with van der Waals surface area (Å²) in [6.45, 7) is 4.99. The zero-order valence-electron chi connectivity index (χ0n) is 18.3. The number of anilines is 1. The van der Waals surface area contributed by atoms with Crippen molar-refractivity contribution in [2.45, 2.75) is 58.0 Å². The lowest BCUT2D eigenvalue weighted by Gasteiger charge is -2.27. The van der Waals surface area contributed by atoms with Crippen LogP contribution in [0.25, 0.3) is 16.9 Å². The van der Waals surface area contributed by atoms with Crippen molar-refractivity contribution in [3.8, 4) is 11.3 Å². The molecule has 3 aromatic rings. The molecule has 2 aromatic heterocycles. The monoisotopic (exact) mass is 420 g/mol. The summed E-state index contributed by atoms with van der Waals surface area (Å²) < 4.78 is 1.86. The molecule has 2 heterocycles. The maximum Gasteiger partial charge on any atom is 0.251 e. The van der Waals surface area contributed by atoms with Crippen LogP contribution in [0.4, 0.5) is 5.82 Å². The van der Waals surface area contributed by atoms with Crippen molar-refractivity contribution >= 4 is 17.4 Å². The molecule has 1 aromatic carbocycles. The van der Waals surface area contributed by atoms with Gasteiger partial charge in [0.15, 0.2) is 5.65 Å². The summed E-state index contributed by atoms with van der Waals surface area (Å²) in [6, 6.07) is 12.3. The van der Waals surface area contributed by atoms with Gasteiger partial charge in [-0.25, -0.2) is 9.50 Å². The van der Waals surface area contributed by atoms with E-state index < -0.39 is 0 Å². The van der Waals surface area contributed by atoms with Crippen molar-refractivity contribution in [3.05, 3.63) is 48.2 Å². The second-order valence-electron chi connectivity index (χ2n) is 8.90. The molecule has 31 heavy (non-hydrogen) atoms. The Bertz CT molecular complexity index is 1020. The van der Waals surface area contributed by atoms with E-state index in [-0.39, 0.29) is 5.91 Å². The lowest BCUT2D eigenvalue weighted by molar-refractivity contribution is 0.0952. The molecule has 0 bridgehead atoms. The van der Waals surface area contributed by atoms with E-state index in [1.54, 1.807) is 0 Å². The van der Waals surface area contributed by atoms with E-state index in [4.69, 9.17) is 10.8 Å². The van der Waals surface area contributed by atoms with Gasteiger partial charge in [-0.2, -0.15) is 0 Å². The maximum absolute atomic E-state index is 12.3. The first-order valence-electron chi connectivity index (χ1n) is 11.2. The Morgan fingerprint density at radius 1 is 1.13 bits per heavy atom. The van der Waals surface area contributed by atoms with Crippen LogP contribution in [-0.2, 0) is 0 Å². The third-order valence-corrected chi connectivity index (χ3v) is 5.94. The molecule has 4 N–H and O–H groups in total. The highest BCUT2D eigenvalue weighted by atomic mass is 16.1. The second kappa shape index (κ2) is 9.47. The Labute approximate surface area is 183 Å². The van der Waals surface area contributed by atoms with Gasteiger partial charge in [-0.1, -0.05) is 26.0 Å². The van der Waals surface area contributed by atoms with Crippen LogP contribution >= 0.6 is 0 Å². The molecule has 0 unspecified atom stereocenters. The number of nitrogens with zero attached hydrogens (tertiary/aromatic N) is 3. The summed E-state index contributed by atoms with van der Waals surface area (Å²) in [5.74, 6) is 1.37. The first-order chi connectivity index (χ1) is 15.0. The second-order valence-corrected chi connectivity index (χ2v) is 8.90. The van der Waals surface area contributed by atoms with E-state index in [2.05, 4.69) is 29.5 Å². The Kier molecular flexibility index (Phi) is 6.51. The summed E-state index contributed by atoms with van der Waals surface area (Å²) >= 11 is 0. The van der Waals surface area contributed by atoms with Crippen LogP contribution in [0.3, 0.4) is 0 Å². The fourth-order valence-corrected chi connectivity index (χ4v) is 3.99. The average molecular weight is 421 g/mol. The van der Waals surface area contributed by atoms with E-state index in [9.17, 15) is 4.79 Å². The van der Waals surface area contributed by atoms with E-state index in [1.807, 2.05) is 47.1 Å². The van der Waals surface area contributed by atoms with Gasteiger partial charge in [-0.3, -0.25) is 4.79 Å². The third-order valence-electron chi connectivity index (χ3n) is 5.94. The molecule has 1 aliphatic rings. The van der Waals surface area contributed by atoms with Gasteiger partial charge in [-0.05, 0) is 62.3 Å². The molecule has 0 saturated heterocycles. The van der Waals surface area contributed by atoms with Crippen LogP contribution in [-0.4, -0.2) is 39.1 Å². The topological polar surface area (TPSA) is 97.3 Å². The Balaban J connectivity index is 1.48. The fraction of sp³-hybridized carbons (Fsp3) is 0.458. The summed E-state index contributed by atoms with van der Waals surface area (Å²) in [5, 5.41) is 11.3. The lowest BCUT2D eigenvalue weighted by atomic mass is 9.92. The first-order valence-corrected chi connectivity index (χ1v) is 11.2. The quantitative estimate of drug-likeness (QED) is 0.539. The predicted octanol–water partition coefficient (Wildman–Crippen LogP) is 3.85. The molecule has 1 aliphatic carbocycles. The largest absolute Gasteiger partial charge is 0.366 e. The van der Waals surface area contributed by atoms with Crippen molar-refractivity contribution < 1.29 is 4.79 Å². The predicted molar refractivity (Wildman–Crippen MR) is 124 cm³/mol. The highest BCUT2D eigenvalue weighted by Gasteiger charge is 2.19. The normalized spacial score (nSPS) is 19.0. The van der Waals surface area contributed by atoms with Crippen molar-refractivity contribution in [2.24, 2.45) is 11.7 Å². The molecular formula is C24H32N6O. The van der Waals surface area contributed by atoms with Crippen LogP contribution in [0, 0.1) is 5.92 Å². The lowest BCUT2D eigenvalue weighted by Crippen LogP contribution is -2.33. The van der Waals surface area contributed by atoms with Crippen molar-refractivity contribution in [2.75, 3.05) is 11.9 Å². The number of rotatable bonds is 7. The summed E-state index contributed by atoms with van der Waals surface area (Å²) in [7, 11) is 0. The number of amides is 1. The molecular weight excluding hydrogens is 388 g/mol. The number of imidazole rings is 1. The van der Waals surface area contributed by atoms with Crippen LogP contribution < -0.4 is 16.4 Å². The SMILES string of the molecule is CC(C)CCNC(=O)c1ccc(-c2cnc3ccc(NC4CCC(N)CC4)nn23)cc1. The highest BCUT2D eigenvalue weighted by molar-refractivity contribution is 5.94. The van der Waals surface area contributed by atoms with Gasteiger partial charge in [0.25, 0.3) is 5.91 Å². The fourth-order valence-electron chi connectivity index (χ4n) is 3.99. The Hall–Kier alpha value is -2.93. The minimum absolute atomic E-state index is 0.0397. The van der Waals surface area contributed by atoms with Gasteiger partial charge in [0.1, 0.15) is 5.82 Å². The number of nitrogens with two attached hydrogens (primary N) is 1. The summed E-state index contributed by atoms with van der Waals surface area (Å²) in [6.07, 6.45) is 7.03. The smallest absolute Gasteiger partial charge is 0.251 e. The summed E-state index contributed by atoms with van der Waals surface area (Å²) in [5.41, 5.74) is 9.34. The zero-order chi connectivity index (χ0) is 21.8. The van der Waals surface area contributed by atoms with E-state index in [1.165, 1.54) is 0 Å². The molecule has 0 radical (unpaired) electrons. The van der Waals surface area contributed by atoms with Crippen LogP contribution in [0.1, 0.15) is 56.3 Å². The van der Waals surface area contributed by atoms with Crippen molar-refractivity contribution in [1.82, 2.24) is 19.9 Å². The van der Waals surface area contributed by atoms with Gasteiger partial charge >= 0.3 is 0 Å². The molecule has 1 saturated carbocycles. The van der Waals surface area contributed by atoms with Gasteiger partial charge in [0, 0.05) is 29.8 Å². The number of aromatic nitrogens is 3. The Morgan fingerprint density at radius 2 is 1.87 bits per heavy atom. The maximum atomic E-state index is 12.3. The van der Waals surface area contributed by atoms with Gasteiger partial charge in [0.2, 0.25) is 0 Å². The number of carbonyl (C=O) groups excluding carboxylic acids is 1. The van der Waals surface area contributed by atoms with Crippen LogP contribution in [0.5, 0.6) is 0 Å². The molecule has 4 rings (SSSR count). The number of benzene rings is 1. The molecule has 0 aliphatic heterocycles. The van der Waals surface area contributed by atoms with E-state index >= 15 is 0 Å². The molecule has 1 amide bonds. The Morgan fingerprint density at radius 3 is 2.58 bits per heavy atom. The van der Waals surface area contributed by atoms with E-state index in [0.717, 1.165) is 54.8 Å². The van der Waals surface area contributed by atoms with Crippen molar-refractivity contribution in [1.29, 1.82) is 0 Å². The number of fused-ring (bicyclic) bond motifs is 1. The number of hydrogen-bond donors (Lipinski definition) is 3. The number of carbonyl (C=O) groups is 1. The highest BCUT2D eigenvalue weighted by Crippen LogP contribution is 2.23. The van der Waals surface area contributed by atoms with Crippen LogP contribution in [0.2, 0.25) is 0 Å². The molecule has 0 spiro atoms. The average Bonchev–Trinajstić information content (AvgIpc) is 3.18. The molecule has 0 atom stereocenters. The third kappa shape index (κ3) is 5.22. The molecule has 7 heteroatoms. The minimum atomic E-state index is -0.0397. The first kappa shape index (κ1) is 21.3. The summed E-state index contributed by atoms with van der Waals surface area (Å²) in [4.78, 5) is 16.8. The zero-order valence-corrected chi connectivity index (χ0v) is 18.3. The minimum Gasteiger partial charge on any atom is -0.366 e. The van der Waals surface area contributed by atoms with Gasteiger partial charge in [-0.15, -0.1) is 5.10 Å². The van der Waals surface area contributed by atoms with E-state index in [0.29, 0.717) is 30.1 Å². The standard InChI is InChI=1S/C24H32N6O/c1-16(2)13-14-26-24(31)18-5-3-17(4-6-18)21-15-27-23-12-11-22(29-30(21)23)28-20-9-7-19(25)8-10-20/h3-6,11-12,15-16,19-20H,7-10,13-14,25H2,1-2H3,(H,26,31)(H,28,29). The molecule has 164 valence electrons. The van der Waals surface area contributed by atoms with Crippen molar-refractivity contribution in [3.63, 3.8) is 0 Å². The van der Waals surface area contributed by atoms with Crippen LogP contribution in [0.15, 0.2) is 42.6 Å². The van der Waals surface area contributed by atoms with Gasteiger partial charge < -0.3 is 16.4 Å². The molecule has 7 nitrogen and oxygen atoms in total. The molecule has 1 fully saturated rings.